The summed E-state index contributed by atoms with van der Waals surface area (Å²) in [7, 11) is -1.70. The molecule has 2 atom stereocenters. The monoisotopic (exact) mass is 483 g/mol. The van der Waals surface area contributed by atoms with Crippen molar-refractivity contribution in [2.45, 2.75) is 76.9 Å². The first kappa shape index (κ1) is 24.7. The lowest BCUT2D eigenvalue weighted by atomic mass is 9.96. The molecule has 8 heteroatoms. The van der Waals surface area contributed by atoms with E-state index in [-0.39, 0.29) is 28.6 Å². The van der Waals surface area contributed by atoms with Gasteiger partial charge in [-0.2, -0.15) is 0 Å². The summed E-state index contributed by atoms with van der Waals surface area (Å²) in [5, 5.41) is 0.225. The zero-order valence-corrected chi connectivity index (χ0v) is 22.0. The summed E-state index contributed by atoms with van der Waals surface area (Å²) in [4.78, 5) is 26.3. The third-order valence-corrected chi connectivity index (χ3v) is 11.9. The van der Waals surface area contributed by atoms with E-state index in [0.29, 0.717) is 25.3 Å². The molecule has 0 aliphatic carbocycles. The molecule has 1 fully saturated rings. The Hall–Kier alpha value is -2.42. The summed E-state index contributed by atoms with van der Waals surface area (Å²) in [5.41, 5.74) is 1.07. The molecule has 0 saturated carbocycles. The van der Waals surface area contributed by atoms with Gasteiger partial charge in [-0.05, 0) is 48.7 Å². The number of hydrogen-bond acceptors (Lipinski definition) is 4. The number of rotatable bonds is 7. The van der Waals surface area contributed by atoms with Crippen LogP contribution in [-0.4, -0.2) is 41.6 Å². The Morgan fingerprint density at radius 1 is 1.15 bits per heavy atom. The average Bonchev–Trinajstić information content (AvgIpc) is 3.06. The lowest BCUT2D eigenvalue weighted by molar-refractivity contribution is 0.0483. The Bertz CT molecular complexity index is 1180. The van der Waals surface area contributed by atoms with Crippen LogP contribution in [0.2, 0.25) is 18.1 Å². The van der Waals surface area contributed by atoms with E-state index in [1.165, 1.54) is 4.57 Å². The quantitative estimate of drug-likeness (QED) is 0.332. The minimum Gasteiger partial charge on any atom is -0.417 e. The van der Waals surface area contributed by atoms with Gasteiger partial charge in [0.2, 0.25) is 0 Å². The average molecular weight is 484 g/mol. The molecule has 184 valence electrons. The molecule has 7 nitrogen and oxygen atoms in total. The van der Waals surface area contributed by atoms with Crippen LogP contribution < -0.4 is 11.4 Å². The second-order valence-electron chi connectivity index (χ2n) is 10.7. The molecule has 0 bridgehead atoms. The van der Waals surface area contributed by atoms with Gasteiger partial charge in [0.05, 0.1) is 31.0 Å². The van der Waals surface area contributed by atoms with Crippen molar-refractivity contribution < 1.29 is 9.16 Å². The Labute approximate surface area is 202 Å². The van der Waals surface area contributed by atoms with Crippen LogP contribution in [0.3, 0.4) is 0 Å². The highest BCUT2D eigenvalue weighted by molar-refractivity contribution is 6.74. The molecule has 2 aliphatic heterocycles. The van der Waals surface area contributed by atoms with Crippen molar-refractivity contribution in [1.82, 2.24) is 13.9 Å². The maximum atomic E-state index is 13.3. The van der Waals surface area contributed by atoms with Gasteiger partial charge in [-0.25, -0.2) is 23.5 Å². The third kappa shape index (κ3) is 4.85. The molecule has 0 amide bonds. The van der Waals surface area contributed by atoms with Gasteiger partial charge in [-0.15, -0.1) is 0 Å². The third-order valence-electron chi connectivity index (χ3n) is 7.38. The first-order valence-corrected chi connectivity index (χ1v) is 15.1. The first-order chi connectivity index (χ1) is 16.1. The van der Waals surface area contributed by atoms with Crippen molar-refractivity contribution in [3.8, 4) is 5.69 Å². The van der Waals surface area contributed by atoms with Gasteiger partial charge in [0.25, 0.3) is 0 Å². The van der Waals surface area contributed by atoms with E-state index in [1.807, 2.05) is 24.3 Å². The minimum atomic E-state index is -1.70. The number of ether oxygens (including phenoxy) is 1. The predicted molar refractivity (Wildman–Crippen MR) is 137 cm³/mol. The van der Waals surface area contributed by atoms with Gasteiger partial charge in [0, 0.05) is 13.0 Å². The number of allylic oxidation sites excluding steroid dienone is 2. The van der Waals surface area contributed by atoms with Crippen molar-refractivity contribution in [2.24, 2.45) is 0 Å². The summed E-state index contributed by atoms with van der Waals surface area (Å²) >= 11 is 0. The fourth-order valence-electron chi connectivity index (χ4n) is 4.28. The fourth-order valence-corrected chi connectivity index (χ4v) is 5.37. The molecule has 3 heterocycles. The van der Waals surface area contributed by atoms with Gasteiger partial charge < -0.3 is 9.16 Å². The number of unbranched alkanes of at least 4 members (excludes halogenated alkanes) is 1. The van der Waals surface area contributed by atoms with Gasteiger partial charge >= 0.3 is 11.4 Å². The molecule has 0 N–H and O–H groups in total. The van der Waals surface area contributed by atoms with Crippen molar-refractivity contribution in [3.05, 3.63) is 75.1 Å². The predicted octanol–water partition coefficient (Wildman–Crippen LogP) is 4.43. The molecule has 0 unspecified atom stereocenters. The van der Waals surface area contributed by atoms with Crippen LogP contribution in [0.5, 0.6) is 0 Å². The van der Waals surface area contributed by atoms with Gasteiger partial charge in [0.15, 0.2) is 8.32 Å². The molecule has 2 aliphatic rings. The van der Waals surface area contributed by atoms with Crippen molar-refractivity contribution in [1.29, 1.82) is 0 Å². The van der Waals surface area contributed by atoms with Crippen LogP contribution in [0.1, 0.15) is 46.1 Å². The molecule has 4 rings (SSSR count). The number of nitrogens with zero attached hydrogens (tertiary/aromatic N) is 3. The van der Waals surface area contributed by atoms with Crippen LogP contribution in [0.4, 0.5) is 0 Å². The van der Waals surface area contributed by atoms with Crippen molar-refractivity contribution in [3.63, 3.8) is 0 Å². The topological polar surface area (TPSA) is 67.4 Å². The molecule has 1 aromatic heterocycles. The zero-order valence-electron chi connectivity index (χ0n) is 21.0. The Balaban J connectivity index is 1.41. The van der Waals surface area contributed by atoms with Crippen molar-refractivity contribution >= 4 is 8.32 Å². The molecule has 1 aromatic carbocycles. The number of benzene rings is 1. The molecule has 0 spiro atoms. The van der Waals surface area contributed by atoms with E-state index in [4.69, 9.17) is 9.16 Å². The van der Waals surface area contributed by atoms with Gasteiger partial charge in [-0.1, -0.05) is 57.2 Å². The highest BCUT2D eigenvalue weighted by atomic mass is 28.4. The molecule has 1 saturated heterocycles. The second kappa shape index (κ2) is 9.68. The van der Waals surface area contributed by atoms with Crippen LogP contribution >= 0.6 is 0 Å². The van der Waals surface area contributed by atoms with Crippen LogP contribution in [0.15, 0.2) is 63.7 Å². The maximum Gasteiger partial charge on any atom is 0.352 e. The number of fused-ring (bicyclic) bond motifs is 3. The molecular weight excluding hydrogens is 446 g/mol. The molecule has 2 aromatic rings. The Morgan fingerprint density at radius 3 is 2.59 bits per heavy atom. The van der Waals surface area contributed by atoms with E-state index in [2.05, 4.69) is 46.0 Å². The van der Waals surface area contributed by atoms with E-state index in [9.17, 15) is 9.59 Å². The zero-order chi connectivity index (χ0) is 24.5. The Morgan fingerprint density at radius 2 is 1.88 bits per heavy atom. The standard InChI is InChI=1S/C26H37N3O4Si/c1-26(2,3)34(4,5)33-17-11-7-10-14-22-18-23-20(19-32-22)15-16-27-24(30)28(25(31)29(23)27)21-12-8-6-9-13-21/h6,8-10,12-15,22-23H,7,11,16-19H2,1-5H3/b14-10+/t22-,23+/m1/s1. The lowest BCUT2D eigenvalue weighted by Crippen LogP contribution is -2.40. The summed E-state index contributed by atoms with van der Waals surface area (Å²) in [6, 6.07) is 8.94. The van der Waals surface area contributed by atoms with E-state index >= 15 is 0 Å². The fraction of sp³-hybridized carbons (Fsp3) is 0.538. The lowest BCUT2D eigenvalue weighted by Gasteiger charge is -2.36. The normalized spacial score (nSPS) is 20.8. The number of para-hydroxylation sites is 1. The minimum absolute atomic E-state index is 0.0860. The van der Waals surface area contributed by atoms with Gasteiger partial charge in [0.1, 0.15) is 0 Å². The molecule has 34 heavy (non-hydrogen) atoms. The second-order valence-corrected chi connectivity index (χ2v) is 15.5. The molecular formula is C26H37N3O4Si. The van der Waals surface area contributed by atoms with Crippen LogP contribution in [0.25, 0.3) is 5.69 Å². The summed E-state index contributed by atoms with van der Waals surface area (Å²) in [6.45, 7) is 13.0. The maximum absolute atomic E-state index is 13.3. The molecule has 0 radical (unpaired) electrons. The summed E-state index contributed by atoms with van der Waals surface area (Å²) in [6.07, 6.45) is 8.74. The largest absolute Gasteiger partial charge is 0.417 e. The van der Waals surface area contributed by atoms with E-state index in [1.54, 1.807) is 21.5 Å². The van der Waals surface area contributed by atoms with E-state index in [0.717, 1.165) is 25.0 Å². The van der Waals surface area contributed by atoms with Crippen molar-refractivity contribution in [2.75, 3.05) is 13.2 Å². The van der Waals surface area contributed by atoms with Gasteiger partial charge in [-0.3, -0.25) is 0 Å². The van der Waals surface area contributed by atoms with Crippen LogP contribution in [-0.2, 0) is 15.7 Å². The Kier molecular flexibility index (Phi) is 7.03. The van der Waals surface area contributed by atoms with E-state index < -0.39 is 8.32 Å². The highest BCUT2D eigenvalue weighted by Crippen LogP contribution is 2.36. The smallest absolute Gasteiger partial charge is 0.352 e. The highest BCUT2D eigenvalue weighted by Gasteiger charge is 2.37. The first-order valence-electron chi connectivity index (χ1n) is 12.2. The number of hydrogen-bond donors (Lipinski definition) is 0. The summed E-state index contributed by atoms with van der Waals surface area (Å²) in [5.74, 6) is 0. The number of aromatic nitrogens is 3. The SMILES string of the molecule is CC(C)(C)[Si](C)(C)OCCC/C=C/[C@@H]1C[C@H]2C(=CCn3c(=O)n(-c4ccccc4)c(=O)n32)CO1. The summed E-state index contributed by atoms with van der Waals surface area (Å²) < 4.78 is 16.7. The van der Waals surface area contributed by atoms with Crippen LogP contribution in [0, 0.1) is 0 Å².